The van der Waals surface area contributed by atoms with E-state index < -0.39 is 11.9 Å². The van der Waals surface area contributed by atoms with Gasteiger partial charge in [-0.05, 0) is 48.2 Å². The van der Waals surface area contributed by atoms with Crippen molar-refractivity contribution in [3.8, 4) is 5.75 Å². The van der Waals surface area contributed by atoms with Gasteiger partial charge in [-0.3, -0.25) is 14.7 Å². The Labute approximate surface area is 214 Å². The second-order valence-corrected chi connectivity index (χ2v) is 9.66. The maximum Gasteiger partial charge on any atom is 0.304 e. The number of carbonyl (C=O) groups is 1. The summed E-state index contributed by atoms with van der Waals surface area (Å²) < 4.78 is 22.9. The molecule has 3 heterocycles. The van der Waals surface area contributed by atoms with Crippen LogP contribution in [0.2, 0.25) is 0 Å². The van der Waals surface area contributed by atoms with E-state index in [4.69, 9.17) is 4.74 Å². The highest BCUT2D eigenvalue weighted by Crippen LogP contribution is 2.34. The van der Waals surface area contributed by atoms with Gasteiger partial charge in [0.2, 0.25) is 0 Å². The Hall–Kier alpha value is -3.85. The van der Waals surface area contributed by atoms with Crippen LogP contribution in [0.25, 0.3) is 11.0 Å². The van der Waals surface area contributed by atoms with E-state index in [1.54, 1.807) is 23.1 Å². The van der Waals surface area contributed by atoms with Crippen molar-refractivity contribution in [3.63, 3.8) is 0 Å². The van der Waals surface area contributed by atoms with Gasteiger partial charge in [0.15, 0.2) is 0 Å². The first-order valence-corrected chi connectivity index (χ1v) is 12.4. The fourth-order valence-electron chi connectivity index (χ4n) is 5.17. The monoisotopic (exact) mass is 503 g/mol. The van der Waals surface area contributed by atoms with Crippen LogP contribution in [0.5, 0.6) is 5.75 Å². The van der Waals surface area contributed by atoms with Gasteiger partial charge in [0.25, 0.3) is 0 Å². The molecule has 0 amide bonds. The molecule has 192 valence electrons. The van der Waals surface area contributed by atoms with E-state index in [-0.39, 0.29) is 18.3 Å². The predicted octanol–water partition coefficient (Wildman–Crippen LogP) is 4.59. The van der Waals surface area contributed by atoms with Crippen LogP contribution < -0.4 is 4.74 Å². The van der Waals surface area contributed by atoms with Gasteiger partial charge >= 0.3 is 5.97 Å². The molecule has 37 heavy (non-hydrogen) atoms. The van der Waals surface area contributed by atoms with E-state index in [1.807, 2.05) is 38.2 Å². The fourth-order valence-corrected chi connectivity index (χ4v) is 5.17. The highest BCUT2D eigenvalue weighted by atomic mass is 19.1. The van der Waals surface area contributed by atoms with Crippen LogP contribution in [-0.4, -0.2) is 48.6 Å². The largest absolute Gasteiger partial charge is 0.487 e. The van der Waals surface area contributed by atoms with Crippen molar-refractivity contribution in [2.24, 2.45) is 7.05 Å². The van der Waals surface area contributed by atoms with Gasteiger partial charge in [-0.25, -0.2) is 9.07 Å². The molecular weight excluding hydrogens is 473 g/mol. The number of carboxylic acids is 1. The number of carboxylic acid groups (broad SMARTS) is 1. The first-order valence-electron chi connectivity index (χ1n) is 12.4. The molecule has 0 aliphatic carbocycles. The molecule has 0 saturated carbocycles. The topological polar surface area (TPSA) is 93.4 Å². The molecule has 0 radical (unpaired) electrons. The molecule has 2 aromatic carbocycles. The van der Waals surface area contributed by atoms with Crippen LogP contribution in [0.1, 0.15) is 53.5 Å². The summed E-state index contributed by atoms with van der Waals surface area (Å²) in [5.74, 6) is -0.921. The number of benzene rings is 2. The van der Waals surface area contributed by atoms with Crippen LogP contribution in [0, 0.1) is 12.7 Å². The summed E-state index contributed by atoms with van der Waals surface area (Å²) in [6.45, 7) is 5.64. The van der Waals surface area contributed by atoms with Crippen molar-refractivity contribution in [1.82, 2.24) is 24.9 Å². The summed E-state index contributed by atoms with van der Waals surface area (Å²) >= 11 is 0. The SMILES string of the molecule is CC[C@@H]1CN(Cc2cc(C(CC(=O)O)c3ccc4c(nnn4C)c3C)ccc2F)Cc2ccncc2O1. The minimum Gasteiger partial charge on any atom is -0.487 e. The van der Waals surface area contributed by atoms with E-state index in [1.165, 1.54) is 6.07 Å². The normalized spacial score (nSPS) is 16.7. The van der Waals surface area contributed by atoms with Gasteiger partial charge in [-0.1, -0.05) is 30.3 Å². The van der Waals surface area contributed by atoms with Gasteiger partial charge in [-0.15, -0.1) is 5.10 Å². The van der Waals surface area contributed by atoms with Crippen molar-refractivity contribution in [3.05, 3.63) is 82.4 Å². The lowest BCUT2D eigenvalue weighted by molar-refractivity contribution is -0.137. The van der Waals surface area contributed by atoms with Crippen LogP contribution in [0.4, 0.5) is 4.39 Å². The van der Waals surface area contributed by atoms with Gasteiger partial charge in [0, 0.05) is 49.9 Å². The third-order valence-corrected chi connectivity index (χ3v) is 7.17. The van der Waals surface area contributed by atoms with Crippen molar-refractivity contribution >= 4 is 17.0 Å². The van der Waals surface area contributed by atoms with E-state index in [2.05, 4.69) is 27.1 Å². The summed E-state index contributed by atoms with van der Waals surface area (Å²) in [7, 11) is 1.82. The summed E-state index contributed by atoms with van der Waals surface area (Å²) in [5, 5.41) is 18.1. The molecule has 4 aromatic rings. The number of hydrogen-bond acceptors (Lipinski definition) is 6. The van der Waals surface area contributed by atoms with Crippen molar-refractivity contribution in [1.29, 1.82) is 0 Å². The van der Waals surface area contributed by atoms with E-state index in [0.29, 0.717) is 25.2 Å². The van der Waals surface area contributed by atoms with E-state index in [9.17, 15) is 9.90 Å². The Morgan fingerprint density at radius 3 is 2.89 bits per heavy atom. The number of fused-ring (bicyclic) bond motifs is 2. The van der Waals surface area contributed by atoms with E-state index in [0.717, 1.165) is 45.5 Å². The molecule has 8 nitrogen and oxygen atoms in total. The molecule has 1 aliphatic heterocycles. The number of ether oxygens (including phenoxy) is 1. The van der Waals surface area contributed by atoms with Crippen LogP contribution >= 0.6 is 0 Å². The third kappa shape index (κ3) is 5.04. The van der Waals surface area contributed by atoms with Gasteiger partial charge in [0.1, 0.15) is 23.2 Å². The zero-order chi connectivity index (χ0) is 26.1. The lowest BCUT2D eigenvalue weighted by atomic mass is 9.85. The second kappa shape index (κ2) is 10.3. The number of halogens is 1. The predicted molar refractivity (Wildman–Crippen MR) is 137 cm³/mol. The molecule has 5 rings (SSSR count). The first-order chi connectivity index (χ1) is 17.8. The molecule has 1 N–H and O–H groups in total. The zero-order valence-corrected chi connectivity index (χ0v) is 21.2. The Morgan fingerprint density at radius 2 is 2.11 bits per heavy atom. The first kappa shape index (κ1) is 24.8. The van der Waals surface area contributed by atoms with Crippen molar-refractivity contribution in [2.45, 2.75) is 51.8 Å². The number of aryl methyl sites for hydroxylation is 2. The molecule has 0 fully saturated rings. The smallest absolute Gasteiger partial charge is 0.304 e. The highest BCUT2D eigenvalue weighted by molar-refractivity contribution is 5.80. The quantitative estimate of drug-likeness (QED) is 0.394. The number of pyridine rings is 1. The summed E-state index contributed by atoms with van der Waals surface area (Å²) in [4.78, 5) is 18.2. The van der Waals surface area contributed by atoms with Crippen molar-refractivity contribution < 1.29 is 19.0 Å². The minimum absolute atomic E-state index is 0.0298. The third-order valence-electron chi connectivity index (χ3n) is 7.17. The Kier molecular flexibility index (Phi) is 6.88. The van der Waals surface area contributed by atoms with Gasteiger partial charge in [0.05, 0.1) is 18.1 Å². The van der Waals surface area contributed by atoms with Crippen LogP contribution in [0.15, 0.2) is 48.8 Å². The number of rotatable bonds is 7. The highest BCUT2D eigenvalue weighted by Gasteiger charge is 2.25. The molecule has 9 heteroatoms. The Morgan fingerprint density at radius 1 is 1.27 bits per heavy atom. The van der Waals surface area contributed by atoms with Gasteiger partial charge in [-0.2, -0.15) is 0 Å². The van der Waals surface area contributed by atoms with E-state index >= 15 is 4.39 Å². The standard InChI is InChI=1S/C28H30FN5O3/c1-4-21-16-34(14-19-9-10-30-13-26(19)37-21)15-20-11-18(5-7-24(20)29)23(12-27(35)36)22-6-8-25-28(17(22)2)31-32-33(25)3/h5-11,13,21,23H,4,12,14-16H2,1-3H3,(H,35,36)/t21-,23?/m1/s1. The number of aromatic nitrogens is 4. The molecule has 0 spiro atoms. The van der Waals surface area contributed by atoms with Crippen LogP contribution in [0.3, 0.4) is 0 Å². The molecular formula is C28H30FN5O3. The fraction of sp³-hybridized carbons (Fsp3) is 0.357. The van der Waals surface area contributed by atoms with Crippen molar-refractivity contribution in [2.75, 3.05) is 6.54 Å². The lowest BCUT2D eigenvalue weighted by Gasteiger charge is -2.24. The average molecular weight is 504 g/mol. The lowest BCUT2D eigenvalue weighted by Crippen LogP contribution is -2.32. The molecule has 1 aliphatic rings. The van der Waals surface area contributed by atoms with Crippen LogP contribution in [-0.2, 0) is 24.9 Å². The maximum atomic E-state index is 15.1. The number of aliphatic carboxylic acids is 1. The molecule has 2 atom stereocenters. The van der Waals surface area contributed by atoms with Gasteiger partial charge < -0.3 is 9.84 Å². The maximum absolute atomic E-state index is 15.1. The average Bonchev–Trinajstić information content (AvgIpc) is 3.16. The number of nitrogens with zero attached hydrogens (tertiary/aromatic N) is 5. The Bertz CT molecular complexity index is 1450. The second-order valence-electron chi connectivity index (χ2n) is 9.66. The zero-order valence-electron chi connectivity index (χ0n) is 21.2. The Balaban J connectivity index is 1.50. The summed E-state index contributed by atoms with van der Waals surface area (Å²) in [6.07, 6.45) is 4.14. The minimum atomic E-state index is -0.921. The molecule has 1 unspecified atom stereocenters. The number of hydrogen-bond donors (Lipinski definition) is 1. The molecule has 0 bridgehead atoms. The molecule has 0 saturated heterocycles. The summed E-state index contributed by atoms with van der Waals surface area (Å²) in [6, 6.07) is 10.7. The molecule has 2 aromatic heterocycles. The summed E-state index contributed by atoms with van der Waals surface area (Å²) in [5.41, 5.74) is 5.64.